The fourth-order valence-electron chi connectivity index (χ4n) is 1.84. The lowest BCUT2D eigenvalue weighted by Gasteiger charge is -2.15. The largest absolute Gasteiger partial charge is 0.477 e. The van der Waals surface area contributed by atoms with E-state index in [4.69, 9.17) is 4.74 Å². The average molecular weight is 329 g/mol. The van der Waals surface area contributed by atoms with Crippen LogP contribution in [0, 0.1) is 5.92 Å². The number of nitrogens with zero attached hydrogens (tertiary/aromatic N) is 1. The summed E-state index contributed by atoms with van der Waals surface area (Å²) in [6.07, 6.45) is 4.18. The molecule has 0 bridgehead atoms. The molecule has 0 radical (unpaired) electrons. The third-order valence-electron chi connectivity index (χ3n) is 2.88. The van der Waals surface area contributed by atoms with E-state index < -0.39 is 0 Å². The summed E-state index contributed by atoms with van der Waals surface area (Å²) < 4.78 is 6.85. The molecule has 0 saturated carbocycles. The Morgan fingerprint density at radius 3 is 2.74 bits per heavy atom. The maximum absolute atomic E-state index is 5.87. The van der Waals surface area contributed by atoms with E-state index in [0.717, 1.165) is 29.1 Å². The first-order valence-corrected chi connectivity index (χ1v) is 7.82. The van der Waals surface area contributed by atoms with Crippen molar-refractivity contribution in [2.75, 3.05) is 6.61 Å². The minimum absolute atomic E-state index is 0.450. The molecule has 1 N–H and O–H groups in total. The summed E-state index contributed by atoms with van der Waals surface area (Å²) in [6.45, 7) is 10.2. The number of nitrogens with one attached hydrogen (secondary N) is 1. The molecule has 0 aliphatic carbocycles. The van der Waals surface area contributed by atoms with Crippen molar-refractivity contribution in [2.24, 2.45) is 5.92 Å². The molecular weight excluding hydrogens is 304 g/mol. The molecule has 1 rings (SSSR count). The van der Waals surface area contributed by atoms with E-state index in [-0.39, 0.29) is 0 Å². The van der Waals surface area contributed by atoms with Crippen molar-refractivity contribution >= 4 is 15.9 Å². The standard InChI is InChI=1S/C15H25BrN2O/c1-5-6-12(4)10-19-15-13(8-17-11(2)3)7-14(16)9-18-15/h7,9,11-12,17H,5-6,8,10H2,1-4H3. The Bertz CT molecular complexity index is 382. The van der Waals surface area contributed by atoms with Crippen LogP contribution in [0.1, 0.15) is 46.1 Å². The number of halogens is 1. The monoisotopic (exact) mass is 328 g/mol. The molecule has 0 saturated heterocycles. The van der Waals surface area contributed by atoms with Crippen molar-refractivity contribution in [1.82, 2.24) is 10.3 Å². The average Bonchev–Trinajstić information content (AvgIpc) is 2.35. The van der Waals surface area contributed by atoms with Gasteiger partial charge in [-0.05, 0) is 34.3 Å². The predicted octanol–water partition coefficient (Wildman–Crippen LogP) is 4.16. The van der Waals surface area contributed by atoms with Crippen molar-refractivity contribution in [3.8, 4) is 5.88 Å². The molecule has 0 fully saturated rings. The van der Waals surface area contributed by atoms with Gasteiger partial charge in [0.25, 0.3) is 0 Å². The highest BCUT2D eigenvalue weighted by Crippen LogP contribution is 2.21. The summed E-state index contributed by atoms with van der Waals surface area (Å²) in [6, 6.07) is 2.52. The number of ether oxygens (including phenoxy) is 1. The zero-order valence-corrected chi connectivity index (χ0v) is 14.0. The molecule has 1 aromatic rings. The van der Waals surface area contributed by atoms with Crippen LogP contribution < -0.4 is 10.1 Å². The minimum atomic E-state index is 0.450. The fourth-order valence-corrected chi connectivity index (χ4v) is 2.22. The molecule has 1 heterocycles. The second kappa shape index (κ2) is 8.54. The molecule has 3 nitrogen and oxygen atoms in total. The number of aromatic nitrogens is 1. The molecule has 0 amide bonds. The Balaban J connectivity index is 2.65. The molecular formula is C15H25BrN2O. The van der Waals surface area contributed by atoms with Gasteiger partial charge < -0.3 is 10.1 Å². The predicted molar refractivity (Wildman–Crippen MR) is 83.5 cm³/mol. The summed E-state index contributed by atoms with van der Waals surface area (Å²) in [5.41, 5.74) is 1.10. The lowest BCUT2D eigenvalue weighted by Crippen LogP contribution is -2.22. The normalized spacial score (nSPS) is 12.7. The highest BCUT2D eigenvalue weighted by Gasteiger charge is 2.09. The van der Waals surface area contributed by atoms with Crippen LogP contribution in [-0.2, 0) is 6.54 Å². The topological polar surface area (TPSA) is 34.1 Å². The number of pyridine rings is 1. The smallest absolute Gasteiger partial charge is 0.217 e. The van der Waals surface area contributed by atoms with E-state index in [2.05, 4.69) is 60.0 Å². The molecule has 0 aliphatic heterocycles. The zero-order chi connectivity index (χ0) is 14.3. The second-order valence-corrected chi connectivity index (χ2v) is 6.27. The van der Waals surface area contributed by atoms with Crippen LogP contribution in [0.4, 0.5) is 0 Å². The van der Waals surface area contributed by atoms with E-state index in [9.17, 15) is 0 Å². The van der Waals surface area contributed by atoms with Gasteiger partial charge in [0.15, 0.2) is 0 Å². The van der Waals surface area contributed by atoms with Crippen molar-refractivity contribution in [3.05, 3.63) is 22.3 Å². The van der Waals surface area contributed by atoms with Gasteiger partial charge in [0.1, 0.15) is 0 Å². The number of rotatable bonds is 8. The van der Waals surface area contributed by atoms with Gasteiger partial charge in [0.2, 0.25) is 5.88 Å². The molecule has 108 valence electrons. The second-order valence-electron chi connectivity index (χ2n) is 5.36. The molecule has 4 heteroatoms. The number of hydrogen-bond donors (Lipinski definition) is 1. The fraction of sp³-hybridized carbons (Fsp3) is 0.667. The summed E-state index contributed by atoms with van der Waals surface area (Å²) in [5, 5.41) is 3.40. The summed E-state index contributed by atoms with van der Waals surface area (Å²) >= 11 is 3.46. The van der Waals surface area contributed by atoms with E-state index in [1.165, 1.54) is 12.8 Å². The summed E-state index contributed by atoms with van der Waals surface area (Å²) in [5.74, 6) is 1.32. The first-order valence-electron chi connectivity index (χ1n) is 7.03. The first-order chi connectivity index (χ1) is 9.02. The Morgan fingerprint density at radius 1 is 1.37 bits per heavy atom. The van der Waals surface area contributed by atoms with Crippen LogP contribution in [0.5, 0.6) is 5.88 Å². The van der Waals surface area contributed by atoms with Crippen LogP contribution in [0.25, 0.3) is 0 Å². The molecule has 0 spiro atoms. The summed E-state index contributed by atoms with van der Waals surface area (Å²) in [4.78, 5) is 4.38. The number of hydrogen-bond acceptors (Lipinski definition) is 3. The van der Waals surface area contributed by atoms with E-state index in [1.807, 2.05) is 0 Å². The van der Waals surface area contributed by atoms with Gasteiger partial charge in [0, 0.05) is 28.8 Å². The molecule has 1 aromatic heterocycles. The maximum atomic E-state index is 5.87. The Hall–Kier alpha value is -0.610. The minimum Gasteiger partial charge on any atom is -0.477 e. The van der Waals surface area contributed by atoms with Crippen LogP contribution in [0.3, 0.4) is 0 Å². The maximum Gasteiger partial charge on any atom is 0.217 e. The Labute approximate surface area is 125 Å². The van der Waals surface area contributed by atoms with Gasteiger partial charge in [0.05, 0.1) is 6.61 Å². The van der Waals surface area contributed by atoms with Crippen molar-refractivity contribution in [3.63, 3.8) is 0 Å². The van der Waals surface area contributed by atoms with Gasteiger partial charge in [-0.3, -0.25) is 0 Å². The zero-order valence-electron chi connectivity index (χ0n) is 12.4. The van der Waals surface area contributed by atoms with Gasteiger partial charge in [-0.25, -0.2) is 4.98 Å². The Kier molecular flexibility index (Phi) is 7.39. The molecule has 19 heavy (non-hydrogen) atoms. The van der Waals surface area contributed by atoms with Crippen molar-refractivity contribution in [2.45, 2.75) is 53.1 Å². The van der Waals surface area contributed by atoms with E-state index in [1.54, 1.807) is 6.20 Å². The lowest BCUT2D eigenvalue weighted by atomic mass is 10.1. The molecule has 0 aliphatic rings. The first kappa shape index (κ1) is 16.4. The van der Waals surface area contributed by atoms with Gasteiger partial charge in [-0.2, -0.15) is 0 Å². The SMILES string of the molecule is CCCC(C)COc1ncc(Br)cc1CNC(C)C. The van der Waals surface area contributed by atoms with E-state index >= 15 is 0 Å². The van der Waals surface area contributed by atoms with Crippen LogP contribution in [0.2, 0.25) is 0 Å². The highest BCUT2D eigenvalue weighted by atomic mass is 79.9. The Morgan fingerprint density at radius 2 is 2.11 bits per heavy atom. The summed E-state index contributed by atoms with van der Waals surface area (Å²) in [7, 11) is 0. The molecule has 1 atom stereocenters. The quantitative estimate of drug-likeness (QED) is 0.778. The van der Waals surface area contributed by atoms with Crippen LogP contribution >= 0.6 is 15.9 Å². The highest BCUT2D eigenvalue weighted by molar-refractivity contribution is 9.10. The molecule has 1 unspecified atom stereocenters. The third kappa shape index (κ3) is 6.39. The van der Waals surface area contributed by atoms with Crippen LogP contribution in [-0.4, -0.2) is 17.6 Å². The lowest BCUT2D eigenvalue weighted by molar-refractivity contribution is 0.240. The third-order valence-corrected chi connectivity index (χ3v) is 3.31. The molecule has 0 aromatic carbocycles. The van der Waals surface area contributed by atoms with Gasteiger partial charge in [-0.15, -0.1) is 0 Å². The van der Waals surface area contributed by atoms with Crippen molar-refractivity contribution in [1.29, 1.82) is 0 Å². The van der Waals surface area contributed by atoms with E-state index in [0.29, 0.717) is 12.0 Å². The van der Waals surface area contributed by atoms with Gasteiger partial charge >= 0.3 is 0 Å². The van der Waals surface area contributed by atoms with Crippen molar-refractivity contribution < 1.29 is 4.74 Å². The van der Waals surface area contributed by atoms with Gasteiger partial charge in [-0.1, -0.05) is 34.1 Å². The van der Waals surface area contributed by atoms with Crippen LogP contribution in [0.15, 0.2) is 16.7 Å².